The van der Waals surface area contributed by atoms with Crippen LogP contribution in [0.25, 0.3) is 0 Å². The van der Waals surface area contributed by atoms with E-state index in [1.54, 1.807) is 0 Å². The molecule has 0 saturated heterocycles. The van der Waals surface area contributed by atoms with Gasteiger partial charge in [0.25, 0.3) is 0 Å². The molecular formula is C14H27N3O2. The SMILES string of the molecule is CCNC(C)(C)c1nc(C(CC)(CC)OCC)no1. The van der Waals surface area contributed by atoms with Crippen LogP contribution in [0.2, 0.25) is 0 Å². The number of ether oxygens (including phenoxy) is 1. The second-order valence-electron chi connectivity index (χ2n) is 5.21. The van der Waals surface area contributed by atoms with Crippen molar-refractivity contribution >= 4 is 0 Å². The Balaban J connectivity index is 3.06. The third-order valence-corrected chi connectivity index (χ3v) is 3.55. The highest BCUT2D eigenvalue weighted by atomic mass is 16.5. The minimum Gasteiger partial charge on any atom is -0.367 e. The van der Waals surface area contributed by atoms with Crippen molar-refractivity contribution in [2.75, 3.05) is 13.2 Å². The summed E-state index contributed by atoms with van der Waals surface area (Å²) >= 11 is 0. The topological polar surface area (TPSA) is 60.2 Å². The van der Waals surface area contributed by atoms with Crippen LogP contribution in [0.4, 0.5) is 0 Å². The monoisotopic (exact) mass is 269 g/mol. The smallest absolute Gasteiger partial charge is 0.246 e. The third-order valence-electron chi connectivity index (χ3n) is 3.55. The van der Waals surface area contributed by atoms with E-state index in [0.29, 0.717) is 18.3 Å². The lowest BCUT2D eigenvalue weighted by Gasteiger charge is -2.28. The summed E-state index contributed by atoms with van der Waals surface area (Å²) in [5.74, 6) is 1.26. The van der Waals surface area contributed by atoms with Gasteiger partial charge in [-0.15, -0.1) is 0 Å². The fourth-order valence-corrected chi connectivity index (χ4v) is 2.29. The van der Waals surface area contributed by atoms with Crippen LogP contribution in [0.5, 0.6) is 0 Å². The Hall–Kier alpha value is -0.940. The van der Waals surface area contributed by atoms with Crippen LogP contribution >= 0.6 is 0 Å². The molecule has 110 valence electrons. The van der Waals surface area contributed by atoms with Gasteiger partial charge < -0.3 is 14.6 Å². The molecule has 1 rings (SSSR count). The third kappa shape index (κ3) is 3.34. The molecule has 1 heterocycles. The van der Waals surface area contributed by atoms with Gasteiger partial charge >= 0.3 is 0 Å². The number of hydrogen-bond acceptors (Lipinski definition) is 5. The van der Waals surface area contributed by atoms with E-state index in [2.05, 4.69) is 36.2 Å². The highest BCUT2D eigenvalue weighted by Gasteiger charge is 2.36. The number of hydrogen-bond donors (Lipinski definition) is 1. The lowest BCUT2D eigenvalue weighted by molar-refractivity contribution is -0.0583. The van der Waals surface area contributed by atoms with Gasteiger partial charge in [0.15, 0.2) is 0 Å². The van der Waals surface area contributed by atoms with Crippen molar-refractivity contribution in [2.45, 2.75) is 65.5 Å². The molecule has 0 fully saturated rings. The highest BCUT2D eigenvalue weighted by Crippen LogP contribution is 2.32. The van der Waals surface area contributed by atoms with Crippen molar-refractivity contribution in [2.24, 2.45) is 0 Å². The van der Waals surface area contributed by atoms with E-state index >= 15 is 0 Å². The first kappa shape index (κ1) is 16.1. The Morgan fingerprint density at radius 1 is 1.16 bits per heavy atom. The Morgan fingerprint density at radius 2 is 1.79 bits per heavy atom. The molecule has 1 N–H and O–H groups in total. The van der Waals surface area contributed by atoms with Crippen molar-refractivity contribution in [3.05, 3.63) is 11.7 Å². The molecule has 5 nitrogen and oxygen atoms in total. The Labute approximate surface area is 116 Å². The Kier molecular flexibility index (Phi) is 5.50. The first-order valence-electron chi connectivity index (χ1n) is 7.19. The summed E-state index contributed by atoms with van der Waals surface area (Å²) in [6, 6.07) is 0. The average molecular weight is 269 g/mol. The van der Waals surface area contributed by atoms with E-state index in [0.717, 1.165) is 19.4 Å². The molecule has 0 aliphatic heterocycles. The van der Waals surface area contributed by atoms with E-state index in [1.165, 1.54) is 0 Å². The van der Waals surface area contributed by atoms with Crippen LogP contribution in [-0.2, 0) is 15.9 Å². The van der Waals surface area contributed by atoms with Crippen molar-refractivity contribution in [1.29, 1.82) is 0 Å². The molecule has 0 atom stereocenters. The van der Waals surface area contributed by atoms with Crippen molar-refractivity contribution in [3.63, 3.8) is 0 Å². The van der Waals surface area contributed by atoms with Gasteiger partial charge in [0.05, 0.1) is 5.54 Å². The van der Waals surface area contributed by atoms with Crippen LogP contribution in [0.3, 0.4) is 0 Å². The Morgan fingerprint density at radius 3 is 2.26 bits per heavy atom. The zero-order chi connectivity index (χ0) is 14.5. The molecule has 0 bridgehead atoms. The van der Waals surface area contributed by atoms with Crippen molar-refractivity contribution in [1.82, 2.24) is 15.5 Å². The zero-order valence-electron chi connectivity index (χ0n) is 13.0. The molecular weight excluding hydrogens is 242 g/mol. The first-order chi connectivity index (χ1) is 8.95. The van der Waals surface area contributed by atoms with Gasteiger partial charge in [-0.05, 0) is 40.2 Å². The Bertz CT molecular complexity index is 384. The van der Waals surface area contributed by atoms with Crippen molar-refractivity contribution < 1.29 is 9.26 Å². The fourth-order valence-electron chi connectivity index (χ4n) is 2.29. The summed E-state index contributed by atoms with van der Waals surface area (Å²) in [5.41, 5.74) is -0.752. The molecule has 0 aromatic carbocycles. The van der Waals surface area contributed by atoms with Crippen LogP contribution in [-0.4, -0.2) is 23.3 Å². The minimum absolute atomic E-state index is 0.320. The van der Waals surface area contributed by atoms with Gasteiger partial charge in [-0.3, -0.25) is 0 Å². The lowest BCUT2D eigenvalue weighted by atomic mass is 9.96. The van der Waals surface area contributed by atoms with Gasteiger partial charge in [-0.25, -0.2) is 0 Å². The van der Waals surface area contributed by atoms with Gasteiger partial charge in [0.2, 0.25) is 11.7 Å². The maximum absolute atomic E-state index is 5.89. The minimum atomic E-state index is -0.432. The number of nitrogens with one attached hydrogen (secondary N) is 1. The van der Waals surface area contributed by atoms with Crippen LogP contribution in [0, 0.1) is 0 Å². The standard InChI is InChI=1S/C14H27N3O2/c1-7-14(8-2,18-10-4)11-16-12(19-17-11)13(5,6)15-9-3/h15H,7-10H2,1-6H3. The first-order valence-corrected chi connectivity index (χ1v) is 7.19. The molecule has 1 aromatic rings. The van der Waals surface area contributed by atoms with Gasteiger partial charge in [0.1, 0.15) is 5.60 Å². The molecule has 0 amide bonds. The summed E-state index contributed by atoms with van der Waals surface area (Å²) < 4.78 is 11.3. The second kappa shape index (κ2) is 6.48. The molecule has 19 heavy (non-hydrogen) atoms. The summed E-state index contributed by atoms with van der Waals surface area (Å²) in [6.07, 6.45) is 1.66. The summed E-state index contributed by atoms with van der Waals surface area (Å²) in [6.45, 7) is 13.8. The number of aromatic nitrogens is 2. The van der Waals surface area contributed by atoms with Crippen LogP contribution in [0.1, 0.15) is 66.1 Å². The summed E-state index contributed by atoms with van der Waals surface area (Å²) in [4.78, 5) is 4.57. The highest BCUT2D eigenvalue weighted by molar-refractivity contribution is 5.05. The van der Waals surface area contributed by atoms with E-state index in [1.807, 2.05) is 20.8 Å². The largest absolute Gasteiger partial charge is 0.367 e. The van der Waals surface area contributed by atoms with Gasteiger partial charge in [-0.2, -0.15) is 4.98 Å². The number of nitrogens with zero attached hydrogens (tertiary/aromatic N) is 2. The predicted octanol–water partition coefficient (Wildman–Crippen LogP) is 2.97. The summed E-state index contributed by atoms with van der Waals surface area (Å²) in [7, 11) is 0. The van der Waals surface area contributed by atoms with Gasteiger partial charge in [0, 0.05) is 6.61 Å². The van der Waals surface area contributed by atoms with E-state index < -0.39 is 5.60 Å². The average Bonchev–Trinajstić information content (AvgIpc) is 2.87. The normalized spacial score (nSPS) is 12.9. The summed E-state index contributed by atoms with van der Waals surface area (Å²) in [5, 5.41) is 7.48. The fraction of sp³-hybridized carbons (Fsp3) is 0.857. The van der Waals surface area contributed by atoms with Crippen LogP contribution in [0.15, 0.2) is 4.52 Å². The van der Waals surface area contributed by atoms with E-state index in [-0.39, 0.29) is 5.54 Å². The molecule has 0 aliphatic carbocycles. The molecule has 5 heteroatoms. The maximum Gasteiger partial charge on any atom is 0.246 e. The zero-order valence-corrected chi connectivity index (χ0v) is 13.0. The quantitative estimate of drug-likeness (QED) is 0.786. The molecule has 0 spiro atoms. The lowest BCUT2D eigenvalue weighted by Crippen LogP contribution is -2.37. The molecule has 0 saturated carbocycles. The second-order valence-corrected chi connectivity index (χ2v) is 5.21. The van der Waals surface area contributed by atoms with E-state index in [9.17, 15) is 0 Å². The molecule has 0 radical (unpaired) electrons. The van der Waals surface area contributed by atoms with Crippen LogP contribution < -0.4 is 5.32 Å². The molecule has 1 aromatic heterocycles. The van der Waals surface area contributed by atoms with E-state index in [4.69, 9.17) is 9.26 Å². The van der Waals surface area contributed by atoms with Crippen molar-refractivity contribution in [3.8, 4) is 0 Å². The maximum atomic E-state index is 5.89. The predicted molar refractivity (Wildman–Crippen MR) is 74.9 cm³/mol. The van der Waals surface area contributed by atoms with Gasteiger partial charge in [-0.1, -0.05) is 25.9 Å². The molecule has 0 unspecified atom stereocenters. The number of rotatable bonds is 8. The molecule has 0 aliphatic rings.